The van der Waals surface area contributed by atoms with E-state index >= 15 is 0 Å². The molecular weight excluding hydrogens is 238 g/mol. The van der Waals surface area contributed by atoms with Crippen molar-refractivity contribution in [3.8, 4) is 0 Å². The Hall–Kier alpha value is -0.120. The predicted molar refractivity (Wildman–Crippen MR) is 76.2 cm³/mol. The molecule has 1 N–H and O–H groups in total. The summed E-state index contributed by atoms with van der Waals surface area (Å²) < 4.78 is 11.5. The molecule has 1 aliphatic carbocycles. The molecule has 2 atom stereocenters. The van der Waals surface area contributed by atoms with Crippen LogP contribution in [-0.2, 0) is 9.47 Å². The molecule has 2 unspecified atom stereocenters. The molecule has 0 aromatic rings. The van der Waals surface area contributed by atoms with Crippen LogP contribution in [0.5, 0.6) is 0 Å². The highest BCUT2D eigenvalue weighted by molar-refractivity contribution is 5.13. The molecule has 2 saturated heterocycles. The Bertz CT molecular complexity index is 331. The highest BCUT2D eigenvalue weighted by atomic mass is 16.6. The summed E-state index contributed by atoms with van der Waals surface area (Å²) in [4.78, 5) is 0. The van der Waals surface area contributed by atoms with Crippen molar-refractivity contribution >= 4 is 0 Å². The molecule has 2 heterocycles. The monoisotopic (exact) mass is 267 g/mol. The van der Waals surface area contributed by atoms with Crippen molar-refractivity contribution in [3.63, 3.8) is 0 Å². The summed E-state index contributed by atoms with van der Waals surface area (Å²) >= 11 is 0. The van der Waals surface area contributed by atoms with E-state index in [1.54, 1.807) is 0 Å². The second-order valence-corrected chi connectivity index (χ2v) is 7.93. The maximum atomic E-state index is 6.00. The van der Waals surface area contributed by atoms with Crippen LogP contribution < -0.4 is 5.32 Å². The fourth-order valence-corrected chi connectivity index (χ4v) is 4.19. The Morgan fingerprint density at radius 3 is 2.42 bits per heavy atom. The number of hydrogen-bond donors (Lipinski definition) is 1. The highest BCUT2D eigenvalue weighted by Gasteiger charge is 2.64. The lowest BCUT2D eigenvalue weighted by molar-refractivity contribution is -0.0894. The second-order valence-electron chi connectivity index (χ2n) is 7.93. The van der Waals surface area contributed by atoms with Gasteiger partial charge in [-0.3, -0.25) is 0 Å². The smallest absolute Gasteiger partial charge is 0.0951 e. The number of rotatable bonds is 3. The van der Waals surface area contributed by atoms with Crippen LogP contribution in [0.1, 0.15) is 47.0 Å². The lowest BCUT2D eigenvalue weighted by Gasteiger charge is -2.37. The zero-order valence-corrected chi connectivity index (χ0v) is 12.9. The van der Waals surface area contributed by atoms with E-state index in [4.69, 9.17) is 9.47 Å². The largest absolute Gasteiger partial charge is 0.378 e. The lowest BCUT2D eigenvalue weighted by Crippen LogP contribution is -2.48. The molecule has 3 rings (SSSR count). The summed E-state index contributed by atoms with van der Waals surface area (Å²) in [6.45, 7) is 13.3. The molecule has 0 bridgehead atoms. The topological polar surface area (TPSA) is 30.5 Å². The maximum absolute atomic E-state index is 6.00. The van der Waals surface area contributed by atoms with Gasteiger partial charge in [0.1, 0.15) is 0 Å². The molecular formula is C16H29NO2. The number of nitrogens with one attached hydrogen (secondary N) is 1. The van der Waals surface area contributed by atoms with Crippen molar-refractivity contribution in [2.45, 2.75) is 58.6 Å². The van der Waals surface area contributed by atoms with E-state index in [0.717, 1.165) is 51.5 Å². The molecule has 3 fully saturated rings. The third kappa shape index (κ3) is 2.24. The van der Waals surface area contributed by atoms with Gasteiger partial charge >= 0.3 is 0 Å². The quantitative estimate of drug-likeness (QED) is 0.852. The van der Waals surface area contributed by atoms with E-state index in [0.29, 0.717) is 16.9 Å². The van der Waals surface area contributed by atoms with Crippen molar-refractivity contribution < 1.29 is 9.47 Å². The van der Waals surface area contributed by atoms with Crippen LogP contribution in [0, 0.1) is 16.7 Å². The van der Waals surface area contributed by atoms with Gasteiger partial charge in [-0.2, -0.15) is 0 Å². The van der Waals surface area contributed by atoms with Gasteiger partial charge in [0.05, 0.1) is 12.2 Å². The van der Waals surface area contributed by atoms with E-state index in [1.807, 2.05) is 0 Å². The minimum absolute atomic E-state index is 0.0322. The standard InChI is InChI=1S/C16H29NO2/c1-14(2)13(15(14,3)4)10-17-12-5-7-19-16(9-12)6-8-18-11-16/h12-13,17H,5-11H2,1-4H3. The Morgan fingerprint density at radius 2 is 1.84 bits per heavy atom. The van der Waals surface area contributed by atoms with Crippen molar-refractivity contribution in [1.82, 2.24) is 5.32 Å². The molecule has 0 radical (unpaired) electrons. The SMILES string of the molecule is CC1(C)C(CNC2CCOC3(CCOC3)C2)C1(C)C. The molecule has 3 heteroatoms. The summed E-state index contributed by atoms with van der Waals surface area (Å²) in [6.07, 6.45) is 3.35. The number of hydrogen-bond acceptors (Lipinski definition) is 3. The first-order chi connectivity index (χ1) is 8.87. The summed E-state index contributed by atoms with van der Waals surface area (Å²) in [5, 5.41) is 3.81. The molecule has 3 aliphatic rings. The van der Waals surface area contributed by atoms with Gasteiger partial charge in [-0.1, -0.05) is 27.7 Å². The van der Waals surface area contributed by atoms with Gasteiger partial charge in [0, 0.05) is 25.7 Å². The molecule has 1 spiro atoms. The lowest BCUT2D eigenvalue weighted by atomic mass is 9.89. The average Bonchev–Trinajstić information content (AvgIpc) is 2.69. The Balaban J connectivity index is 1.51. The van der Waals surface area contributed by atoms with Crippen LogP contribution >= 0.6 is 0 Å². The first kappa shape index (κ1) is 13.8. The summed E-state index contributed by atoms with van der Waals surface area (Å²) in [5.41, 5.74) is 1.00. The Morgan fingerprint density at radius 1 is 1.11 bits per heavy atom. The third-order valence-electron chi connectivity index (χ3n) is 6.49. The van der Waals surface area contributed by atoms with Crippen molar-refractivity contribution in [3.05, 3.63) is 0 Å². The first-order valence-corrected chi connectivity index (χ1v) is 7.83. The molecule has 0 aromatic heterocycles. The van der Waals surface area contributed by atoms with Gasteiger partial charge in [-0.25, -0.2) is 0 Å². The zero-order chi connectivity index (χ0) is 13.7. The van der Waals surface area contributed by atoms with Gasteiger partial charge in [-0.05, 0) is 36.1 Å². The predicted octanol–water partition coefficient (Wildman–Crippen LogP) is 2.60. The van der Waals surface area contributed by atoms with Crippen LogP contribution in [0.4, 0.5) is 0 Å². The van der Waals surface area contributed by atoms with Crippen molar-refractivity contribution in [2.24, 2.45) is 16.7 Å². The zero-order valence-electron chi connectivity index (χ0n) is 12.9. The third-order valence-corrected chi connectivity index (χ3v) is 6.49. The van der Waals surface area contributed by atoms with Crippen LogP contribution in [0.2, 0.25) is 0 Å². The number of ether oxygens (including phenoxy) is 2. The fraction of sp³-hybridized carbons (Fsp3) is 1.00. The van der Waals surface area contributed by atoms with E-state index in [-0.39, 0.29) is 5.60 Å². The van der Waals surface area contributed by atoms with Gasteiger partial charge in [0.25, 0.3) is 0 Å². The normalized spacial score (nSPS) is 40.7. The van der Waals surface area contributed by atoms with Crippen LogP contribution in [0.3, 0.4) is 0 Å². The van der Waals surface area contributed by atoms with Crippen molar-refractivity contribution in [2.75, 3.05) is 26.4 Å². The van der Waals surface area contributed by atoms with E-state index in [2.05, 4.69) is 33.0 Å². The molecule has 0 amide bonds. The van der Waals surface area contributed by atoms with Gasteiger partial charge in [0.2, 0.25) is 0 Å². The molecule has 110 valence electrons. The van der Waals surface area contributed by atoms with Crippen LogP contribution in [0.15, 0.2) is 0 Å². The average molecular weight is 267 g/mol. The Labute approximate surface area is 117 Å². The molecule has 19 heavy (non-hydrogen) atoms. The Kier molecular flexibility index (Phi) is 3.23. The molecule has 2 aliphatic heterocycles. The highest BCUT2D eigenvalue weighted by Crippen LogP contribution is 2.68. The first-order valence-electron chi connectivity index (χ1n) is 7.83. The van der Waals surface area contributed by atoms with E-state index in [9.17, 15) is 0 Å². The minimum Gasteiger partial charge on any atom is -0.378 e. The molecule has 1 saturated carbocycles. The van der Waals surface area contributed by atoms with Crippen molar-refractivity contribution in [1.29, 1.82) is 0 Å². The van der Waals surface area contributed by atoms with Gasteiger partial charge < -0.3 is 14.8 Å². The van der Waals surface area contributed by atoms with Crippen LogP contribution in [-0.4, -0.2) is 38.0 Å². The van der Waals surface area contributed by atoms with Crippen LogP contribution in [0.25, 0.3) is 0 Å². The fourth-order valence-electron chi connectivity index (χ4n) is 4.19. The summed E-state index contributed by atoms with van der Waals surface area (Å²) in [6, 6.07) is 0.614. The minimum atomic E-state index is 0.0322. The maximum Gasteiger partial charge on any atom is 0.0951 e. The van der Waals surface area contributed by atoms with Gasteiger partial charge in [0.15, 0.2) is 0 Å². The van der Waals surface area contributed by atoms with Gasteiger partial charge in [-0.15, -0.1) is 0 Å². The second kappa shape index (κ2) is 4.44. The van der Waals surface area contributed by atoms with E-state index < -0.39 is 0 Å². The molecule has 0 aromatic carbocycles. The summed E-state index contributed by atoms with van der Waals surface area (Å²) in [5.74, 6) is 0.804. The molecule has 3 nitrogen and oxygen atoms in total. The van der Waals surface area contributed by atoms with E-state index in [1.165, 1.54) is 0 Å². The summed E-state index contributed by atoms with van der Waals surface area (Å²) in [7, 11) is 0.